The van der Waals surface area contributed by atoms with Crippen LogP contribution < -0.4 is 0 Å². The van der Waals surface area contributed by atoms with Gasteiger partial charge in [-0.3, -0.25) is 4.79 Å². The number of aryl methyl sites for hydroxylation is 1. The molecule has 1 rings (SSSR count). The molecule has 1 aromatic rings. The number of carbonyl (C=O) groups excluding carboxylic acids is 1. The zero-order valence-electron chi connectivity index (χ0n) is 10.7. The lowest BCUT2D eigenvalue weighted by atomic mass is 10.1. The first-order valence-electron chi connectivity index (χ1n) is 5.49. The van der Waals surface area contributed by atoms with Crippen LogP contribution in [-0.2, 0) is 4.74 Å². The van der Waals surface area contributed by atoms with Crippen molar-refractivity contribution in [1.82, 2.24) is 4.90 Å². The number of likely N-dealkylation sites (N-methyl/N-ethyl adjacent to an activating group) is 1. The first-order chi connectivity index (χ1) is 7.97. The number of ether oxygens (including phenoxy) is 1. The van der Waals surface area contributed by atoms with E-state index >= 15 is 0 Å². The molecule has 17 heavy (non-hydrogen) atoms. The molecule has 94 valence electrons. The summed E-state index contributed by atoms with van der Waals surface area (Å²) >= 11 is 0. The van der Waals surface area contributed by atoms with Crippen LogP contribution in [0.1, 0.15) is 22.8 Å². The van der Waals surface area contributed by atoms with Crippen molar-refractivity contribution in [3.8, 4) is 0 Å². The topological polar surface area (TPSA) is 29.5 Å². The SMILES string of the molecule is COCC(C)N(C)C(=O)c1cc(C)ccc1F. The summed E-state index contributed by atoms with van der Waals surface area (Å²) in [4.78, 5) is 13.6. The van der Waals surface area contributed by atoms with Crippen molar-refractivity contribution in [2.24, 2.45) is 0 Å². The highest BCUT2D eigenvalue weighted by Crippen LogP contribution is 2.13. The van der Waals surface area contributed by atoms with Crippen molar-refractivity contribution in [2.45, 2.75) is 19.9 Å². The predicted molar refractivity (Wildman–Crippen MR) is 64.6 cm³/mol. The fourth-order valence-corrected chi connectivity index (χ4v) is 1.55. The largest absolute Gasteiger partial charge is 0.383 e. The van der Waals surface area contributed by atoms with E-state index in [0.717, 1.165) is 5.56 Å². The number of hydrogen-bond acceptors (Lipinski definition) is 2. The Morgan fingerprint density at radius 2 is 2.18 bits per heavy atom. The van der Waals surface area contributed by atoms with Crippen molar-refractivity contribution in [2.75, 3.05) is 20.8 Å². The molecule has 0 saturated carbocycles. The molecule has 0 aliphatic heterocycles. The van der Waals surface area contributed by atoms with Crippen LogP contribution in [0.5, 0.6) is 0 Å². The molecule has 1 aromatic carbocycles. The van der Waals surface area contributed by atoms with Gasteiger partial charge in [-0.2, -0.15) is 0 Å². The van der Waals surface area contributed by atoms with E-state index in [0.29, 0.717) is 6.61 Å². The molecule has 0 aliphatic rings. The van der Waals surface area contributed by atoms with Gasteiger partial charge in [-0.25, -0.2) is 4.39 Å². The number of methoxy groups -OCH3 is 1. The van der Waals surface area contributed by atoms with Gasteiger partial charge in [-0.05, 0) is 26.0 Å². The summed E-state index contributed by atoms with van der Waals surface area (Å²) in [6.07, 6.45) is 0. The molecule has 3 nitrogen and oxygen atoms in total. The van der Waals surface area contributed by atoms with E-state index in [1.807, 2.05) is 13.8 Å². The van der Waals surface area contributed by atoms with Gasteiger partial charge in [-0.15, -0.1) is 0 Å². The first-order valence-corrected chi connectivity index (χ1v) is 5.49. The number of halogens is 1. The average Bonchev–Trinajstić information content (AvgIpc) is 2.30. The van der Waals surface area contributed by atoms with Crippen LogP contribution in [0.25, 0.3) is 0 Å². The molecule has 1 amide bonds. The summed E-state index contributed by atoms with van der Waals surface area (Å²) in [6, 6.07) is 4.43. The molecule has 1 atom stereocenters. The van der Waals surface area contributed by atoms with Crippen LogP contribution in [0, 0.1) is 12.7 Å². The van der Waals surface area contributed by atoms with Gasteiger partial charge >= 0.3 is 0 Å². The van der Waals surface area contributed by atoms with Crippen molar-refractivity contribution < 1.29 is 13.9 Å². The lowest BCUT2D eigenvalue weighted by Gasteiger charge is -2.24. The highest BCUT2D eigenvalue weighted by atomic mass is 19.1. The minimum Gasteiger partial charge on any atom is -0.383 e. The molecule has 0 N–H and O–H groups in total. The maximum Gasteiger partial charge on any atom is 0.256 e. The third-order valence-corrected chi connectivity index (χ3v) is 2.74. The summed E-state index contributed by atoms with van der Waals surface area (Å²) in [5, 5.41) is 0. The molecule has 0 saturated heterocycles. The molecule has 0 bridgehead atoms. The van der Waals surface area contributed by atoms with Gasteiger partial charge in [0, 0.05) is 14.2 Å². The number of carbonyl (C=O) groups is 1. The number of rotatable bonds is 4. The molecular weight excluding hydrogens is 221 g/mol. The molecule has 0 fully saturated rings. The van der Waals surface area contributed by atoms with Crippen molar-refractivity contribution in [3.05, 3.63) is 35.1 Å². The Bertz CT molecular complexity index is 406. The first kappa shape index (κ1) is 13.6. The average molecular weight is 239 g/mol. The maximum absolute atomic E-state index is 13.6. The molecule has 0 spiro atoms. The Kier molecular flexibility index (Phi) is 4.63. The Labute approximate surface area is 101 Å². The van der Waals surface area contributed by atoms with E-state index in [9.17, 15) is 9.18 Å². The second-order valence-corrected chi connectivity index (χ2v) is 4.20. The summed E-state index contributed by atoms with van der Waals surface area (Å²) < 4.78 is 18.5. The second-order valence-electron chi connectivity index (χ2n) is 4.20. The van der Waals surface area contributed by atoms with Crippen LogP contribution in [0.4, 0.5) is 4.39 Å². The summed E-state index contributed by atoms with van der Waals surface area (Å²) in [6.45, 7) is 4.11. The summed E-state index contributed by atoms with van der Waals surface area (Å²) in [7, 11) is 3.22. The molecule has 0 aromatic heterocycles. The van der Waals surface area contributed by atoms with E-state index in [1.165, 1.54) is 11.0 Å². The summed E-state index contributed by atoms with van der Waals surface area (Å²) in [5.41, 5.74) is 0.970. The van der Waals surface area contributed by atoms with Gasteiger partial charge in [0.15, 0.2) is 0 Å². The number of benzene rings is 1. The van der Waals surface area contributed by atoms with E-state index in [4.69, 9.17) is 4.74 Å². The highest BCUT2D eigenvalue weighted by Gasteiger charge is 2.20. The van der Waals surface area contributed by atoms with Crippen LogP contribution >= 0.6 is 0 Å². The standard InChI is InChI=1S/C13H18FNO2/c1-9-5-6-12(14)11(7-9)13(16)15(3)10(2)8-17-4/h5-7,10H,8H2,1-4H3. The third-order valence-electron chi connectivity index (χ3n) is 2.74. The van der Waals surface area contributed by atoms with Gasteiger partial charge < -0.3 is 9.64 Å². The fourth-order valence-electron chi connectivity index (χ4n) is 1.55. The van der Waals surface area contributed by atoms with Crippen LogP contribution in [0.2, 0.25) is 0 Å². The third kappa shape index (κ3) is 3.27. The van der Waals surface area contributed by atoms with Gasteiger partial charge in [0.05, 0.1) is 18.2 Å². The summed E-state index contributed by atoms with van der Waals surface area (Å²) in [5.74, 6) is -0.812. The monoisotopic (exact) mass is 239 g/mol. The Morgan fingerprint density at radius 3 is 2.76 bits per heavy atom. The predicted octanol–water partition coefficient (Wildman–Crippen LogP) is 2.24. The van der Waals surface area contributed by atoms with Gasteiger partial charge in [0.2, 0.25) is 0 Å². The Balaban J connectivity index is 2.92. The van der Waals surface area contributed by atoms with Crippen LogP contribution in [0.3, 0.4) is 0 Å². The number of hydrogen-bond donors (Lipinski definition) is 0. The minimum atomic E-state index is -0.489. The van der Waals surface area contributed by atoms with Gasteiger partial charge in [0.25, 0.3) is 5.91 Å². The molecule has 0 heterocycles. The van der Waals surface area contributed by atoms with E-state index in [2.05, 4.69) is 0 Å². The highest BCUT2D eigenvalue weighted by molar-refractivity contribution is 5.94. The van der Waals surface area contributed by atoms with Gasteiger partial charge in [-0.1, -0.05) is 11.6 Å². The fraction of sp³-hybridized carbons (Fsp3) is 0.462. The Morgan fingerprint density at radius 1 is 1.53 bits per heavy atom. The molecule has 1 unspecified atom stereocenters. The van der Waals surface area contributed by atoms with E-state index in [-0.39, 0.29) is 17.5 Å². The van der Waals surface area contributed by atoms with Crippen molar-refractivity contribution in [3.63, 3.8) is 0 Å². The van der Waals surface area contributed by atoms with E-state index in [1.54, 1.807) is 26.3 Å². The zero-order valence-corrected chi connectivity index (χ0v) is 10.7. The molecule has 0 aliphatic carbocycles. The minimum absolute atomic E-state index is 0.0904. The quantitative estimate of drug-likeness (QED) is 0.806. The smallest absolute Gasteiger partial charge is 0.256 e. The second kappa shape index (κ2) is 5.77. The maximum atomic E-state index is 13.6. The van der Waals surface area contributed by atoms with Crippen LogP contribution in [0.15, 0.2) is 18.2 Å². The van der Waals surface area contributed by atoms with Crippen molar-refractivity contribution in [1.29, 1.82) is 0 Å². The molecular formula is C13H18FNO2. The Hall–Kier alpha value is -1.42. The normalized spacial score (nSPS) is 12.3. The lowest BCUT2D eigenvalue weighted by Crippen LogP contribution is -2.38. The zero-order chi connectivity index (χ0) is 13.0. The number of nitrogens with zero attached hydrogens (tertiary/aromatic N) is 1. The molecule has 4 heteroatoms. The lowest BCUT2D eigenvalue weighted by molar-refractivity contribution is 0.0629. The van der Waals surface area contributed by atoms with Crippen LogP contribution in [-0.4, -0.2) is 37.6 Å². The van der Waals surface area contributed by atoms with Gasteiger partial charge in [0.1, 0.15) is 5.82 Å². The van der Waals surface area contributed by atoms with Crippen molar-refractivity contribution >= 4 is 5.91 Å². The number of amides is 1. The molecule has 0 radical (unpaired) electrons. The van der Waals surface area contributed by atoms with E-state index < -0.39 is 5.82 Å².